The minimum atomic E-state index is -0.490. The van der Waals surface area contributed by atoms with E-state index < -0.39 is 5.60 Å². The zero-order valence-electron chi connectivity index (χ0n) is 16.3. The Morgan fingerprint density at radius 1 is 1.15 bits per heavy atom. The lowest BCUT2D eigenvalue weighted by Gasteiger charge is -2.44. The average Bonchev–Trinajstić information content (AvgIpc) is 2.61. The standard InChI is InChI=1S/C22H29NO3/c1-6-23-17-11-12-19-18(13-17)20(24-5)21(22(3,4)26-19)25-14-16-10-8-7-9-15(16)2/h7-13,20-21,23H,6,14H2,1-5H3. The van der Waals surface area contributed by atoms with Gasteiger partial charge >= 0.3 is 0 Å². The first-order valence-electron chi connectivity index (χ1n) is 9.22. The van der Waals surface area contributed by atoms with Gasteiger partial charge in [0.25, 0.3) is 0 Å². The zero-order chi connectivity index (χ0) is 18.7. The molecule has 0 radical (unpaired) electrons. The van der Waals surface area contributed by atoms with Gasteiger partial charge in [-0.2, -0.15) is 0 Å². The van der Waals surface area contributed by atoms with Crippen molar-refractivity contribution in [2.24, 2.45) is 0 Å². The van der Waals surface area contributed by atoms with Crippen LogP contribution in [0.15, 0.2) is 42.5 Å². The number of anilines is 1. The number of methoxy groups -OCH3 is 1. The highest BCUT2D eigenvalue weighted by molar-refractivity contribution is 5.53. The van der Waals surface area contributed by atoms with Crippen molar-refractivity contribution in [3.8, 4) is 5.75 Å². The van der Waals surface area contributed by atoms with Crippen LogP contribution in [0.4, 0.5) is 5.69 Å². The Balaban J connectivity index is 1.88. The Hall–Kier alpha value is -2.04. The van der Waals surface area contributed by atoms with Crippen LogP contribution in [0.3, 0.4) is 0 Å². The molecule has 0 aliphatic carbocycles. The van der Waals surface area contributed by atoms with Crippen molar-refractivity contribution < 1.29 is 14.2 Å². The number of ether oxygens (including phenoxy) is 3. The van der Waals surface area contributed by atoms with Gasteiger partial charge in [-0.3, -0.25) is 0 Å². The van der Waals surface area contributed by atoms with Crippen LogP contribution in [0.1, 0.15) is 43.6 Å². The van der Waals surface area contributed by atoms with Gasteiger partial charge in [-0.1, -0.05) is 24.3 Å². The van der Waals surface area contributed by atoms with Crippen molar-refractivity contribution in [2.45, 2.75) is 52.1 Å². The first-order valence-corrected chi connectivity index (χ1v) is 9.22. The minimum Gasteiger partial charge on any atom is -0.485 e. The number of hydrogen-bond acceptors (Lipinski definition) is 4. The highest BCUT2D eigenvalue weighted by Gasteiger charge is 2.45. The molecule has 26 heavy (non-hydrogen) atoms. The molecule has 0 spiro atoms. The Bertz CT molecular complexity index is 757. The predicted octanol–water partition coefficient (Wildman–Crippen LogP) is 4.87. The Morgan fingerprint density at radius 2 is 1.92 bits per heavy atom. The quantitative estimate of drug-likeness (QED) is 0.802. The molecule has 4 heteroatoms. The second-order valence-corrected chi connectivity index (χ2v) is 7.30. The normalized spacial score (nSPS) is 21.0. The molecule has 1 N–H and O–H groups in total. The van der Waals surface area contributed by atoms with E-state index in [0.29, 0.717) is 6.61 Å². The van der Waals surface area contributed by atoms with Crippen LogP contribution in [0.25, 0.3) is 0 Å². The van der Waals surface area contributed by atoms with Crippen LogP contribution in [-0.2, 0) is 16.1 Å². The fraction of sp³-hybridized carbons (Fsp3) is 0.455. The SMILES string of the molecule is CCNc1ccc2c(c1)C(OC)C(OCc1ccccc1C)C(C)(C)O2. The van der Waals surface area contributed by atoms with Crippen LogP contribution >= 0.6 is 0 Å². The number of nitrogens with one attached hydrogen (secondary N) is 1. The zero-order valence-corrected chi connectivity index (χ0v) is 16.3. The van der Waals surface area contributed by atoms with Gasteiger partial charge in [0.1, 0.15) is 23.6 Å². The summed E-state index contributed by atoms with van der Waals surface area (Å²) in [6.07, 6.45) is -0.396. The molecule has 2 aromatic carbocycles. The number of fused-ring (bicyclic) bond motifs is 1. The largest absolute Gasteiger partial charge is 0.485 e. The Morgan fingerprint density at radius 3 is 2.62 bits per heavy atom. The lowest BCUT2D eigenvalue weighted by atomic mass is 9.87. The van der Waals surface area contributed by atoms with Crippen LogP contribution in [-0.4, -0.2) is 25.4 Å². The summed E-state index contributed by atoms with van der Waals surface area (Å²) >= 11 is 0. The number of aryl methyl sites for hydroxylation is 1. The molecule has 1 aliphatic rings. The van der Waals surface area contributed by atoms with Gasteiger partial charge in [-0.15, -0.1) is 0 Å². The van der Waals surface area contributed by atoms with Gasteiger partial charge in [-0.05, 0) is 57.0 Å². The third-order valence-electron chi connectivity index (χ3n) is 4.96. The molecule has 1 aliphatic heterocycles. The molecule has 0 saturated heterocycles. The third kappa shape index (κ3) is 3.71. The molecule has 0 aromatic heterocycles. The maximum atomic E-state index is 6.35. The fourth-order valence-corrected chi connectivity index (χ4v) is 3.54. The van der Waals surface area contributed by atoms with E-state index in [9.17, 15) is 0 Å². The highest BCUT2D eigenvalue weighted by atomic mass is 16.6. The number of benzene rings is 2. The number of rotatable bonds is 6. The molecule has 0 fully saturated rings. The molecule has 0 saturated carbocycles. The van der Waals surface area contributed by atoms with Crippen LogP contribution in [0, 0.1) is 6.92 Å². The lowest BCUT2D eigenvalue weighted by molar-refractivity contribution is -0.159. The van der Waals surface area contributed by atoms with Crippen molar-refractivity contribution in [1.82, 2.24) is 0 Å². The Labute approximate surface area is 156 Å². The molecular formula is C22H29NO3. The molecule has 3 rings (SSSR count). The number of hydrogen-bond donors (Lipinski definition) is 1. The molecule has 140 valence electrons. The fourth-order valence-electron chi connectivity index (χ4n) is 3.54. The van der Waals surface area contributed by atoms with Crippen molar-refractivity contribution in [3.05, 3.63) is 59.2 Å². The van der Waals surface area contributed by atoms with Crippen molar-refractivity contribution in [3.63, 3.8) is 0 Å². The van der Waals surface area contributed by atoms with E-state index in [0.717, 1.165) is 23.5 Å². The molecule has 0 bridgehead atoms. The maximum Gasteiger partial charge on any atom is 0.132 e. The van der Waals surface area contributed by atoms with E-state index in [2.05, 4.69) is 51.2 Å². The van der Waals surface area contributed by atoms with Gasteiger partial charge in [-0.25, -0.2) is 0 Å². The second kappa shape index (κ2) is 7.68. The molecule has 1 heterocycles. The van der Waals surface area contributed by atoms with Crippen molar-refractivity contribution in [1.29, 1.82) is 0 Å². The average molecular weight is 355 g/mol. The Kier molecular flexibility index (Phi) is 5.54. The summed E-state index contributed by atoms with van der Waals surface area (Å²) < 4.78 is 18.5. The summed E-state index contributed by atoms with van der Waals surface area (Å²) in [7, 11) is 1.74. The summed E-state index contributed by atoms with van der Waals surface area (Å²) in [4.78, 5) is 0. The monoisotopic (exact) mass is 355 g/mol. The summed E-state index contributed by atoms with van der Waals surface area (Å²) in [6, 6.07) is 14.5. The van der Waals surface area contributed by atoms with Gasteiger partial charge in [0.15, 0.2) is 0 Å². The van der Waals surface area contributed by atoms with Gasteiger partial charge in [0, 0.05) is 24.9 Å². The van der Waals surface area contributed by atoms with E-state index >= 15 is 0 Å². The van der Waals surface area contributed by atoms with Gasteiger partial charge in [0.05, 0.1) is 6.61 Å². The van der Waals surface area contributed by atoms with Crippen molar-refractivity contribution >= 4 is 5.69 Å². The molecule has 2 unspecified atom stereocenters. The van der Waals surface area contributed by atoms with E-state index in [-0.39, 0.29) is 12.2 Å². The van der Waals surface area contributed by atoms with E-state index in [1.54, 1.807) is 7.11 Å². The first-order chi connectivity index (χ1) is 12.5. The first kappa shape index (κ1) is 18.7. The van der Waals surface area contributed by atoms with Crippen LogP contribution in [0.2, 0.25) is 0 Å². The van der Waals surface area contributed by atoms with Crippen LogP contribution < -0.4 is 10.1 Å². The topological polar surface area (TPSA) is 39.7 Å². The second-order valence-electron chi connectivity index (χ2n) is 7.30. The lowest BCUT2D eigenvalue weighted by Crippen LogP contribution is -2.50. The predicted molar refractivity (Wildman–Crippen MR) is 105 cm³/mol. The highest BCUT2D eigenvalue weighted by Crippen LogP contribution is 2.44. The maximum absolute atomic E-state index is 6.35. The molecule has 2 atom stereocenters. The molecule has 0 amide bonds. The smallest absolute Gasteiger partial charge is 0.132 e. The van der Waals surface area contributed by atoms with E-state index in [4.69, 9.17) is 14.2 Å². The summed E-state index contributed by atoms with van der Waals surface area (Å²) in [6.45, 7) is 9.71. The van der Waals surface area contributed by atoms with Crippen molar-refractivity contribution in [2.75, 3.05) is 19.0 Å². The molecular weight excluding hydrogens is 326 g/mol. The van der Waals surface area contributed by atoms with E-state index in [1.807, 2.05) is 24.3 Å². The summed E-state index contributed by atoms with van der Waals surface area (Å²) in [5.74, 6) is 0.860. The molecule has 4 nitrogen and oxygen atoms in total. The van der Waals surface area contributed by atoms with E-state index in [1.165, 1.54) is 11.1 Å². The summed E-state index contributed by atoms with van der Waals surface area (Å²) in [5.41, 5.74) is 4.02. The third-order valence-corrected chi connectivity index (χ3v) is 4.96. The minimum absolute atomic E-state index is 0.184. The summed E-state index contributed by atoms with van der Waals surface area (Å²) in [5, 5.41) is 3.35. The van der Waals surface area contributed by atoms with Crippen LogP contribution in [0.5, 0.6) is 5.75 Å². The van der Waals surface area contributed by atoms with Gasteiger partial charge < -0.3 is 19.5 Å². The molecule has 2 aromatic rings. The van der Waals surface area contributed by atoms with Gasteiger partial charge in [0.2, 0.25) is 0 Å².